The average Bonchev–Trinajstić information content (AvgIpc) is 2.29. The van der Waals surface area contributed by atoms with Crippen molar-refractivity contribution in [2.45, 2.75) is 11.8 Å². The molecule has 4 nitrogen and oxygen atoms in total. The molecule has 5 heteroatoms. The smallest absolute Gasteiger partial charge is 0.207 e. The zero-order valence-corrected chi connectivity index (χ0v) is 9.50. The van der Waals surface area contributed by atoms with Crippen molar-refractivity contribution in [3.05, 3.63) is 29.8 Å². The number of rotatable bonds is 3. The molecule has 0 heterocycles. The quantitative estimate of drug-likeness (QED) is 0.788. The number of sulfonamides is 1. The summed E-state index contributed by atoms with van der Waals surface area (Å²) in [4.78, 5) is 0.0736. The number of nitrogens with zero attached hydrogens (tertiary/aromatic N) is 1. The van der Waals surface area contributed by atoms with Crippen molar-refractivity contribution < 1.29 is 8.42 Å². The van der Waals surface area contributed by atoms with Gasteiger partial charge in [-0.2, -0.15) is 9.98 Å². The van der Waals surface area contributed by atoms with Crippen LogP contribution in [-0.2, 0) is 10.0 Å². The van der Waals surface area contributed by atoms with Crippen LogP contribution in [-0.4, -0.2) is 15.0 Å². The van der Waals surface area contributed by atoms with Gasteiger partial charge in [0, 0.05) is 0 Å². The van der Waals surface area contributed by atoms with Crippen molar-refractivity contribution in [2.24, 2.45) is 0 Å². The Balaban J connectivity index is 2.97. The van der Waals surface area contributed by atoms with Crippen LogP contribution in [0.25, 0.3) is 0 Å². The lowest BCUT2D eigenvalue weighted by molar-refractivity contribution is 0.586. The van der Waals surface area contributed by atoms with Crippen LogP contribution in [0.4, 0.5) is 0 Å². The monoisotopic (exact) mass is 234 g/mol. The van der Waals surface area contributed by atoms with E-state index in [0.29, 0.717) is 5.56 Å². The third kappa shape index (κ3) is 3.09. The summed E-state index contributed by atoms with van der Waals surface area (Å²) in [6, 6.07) is 7.71. The zero-order valence-electron chi connectivity index (χ0n) is 8.69. The summed E-state index contributed by atoms with van der Waals surface area (Å²) < 4.78 is 25.7. The summed E-state index contributed by atoms with van der Waals surface area (Å²) in [5.74, 6) is 5.18. The number of hydrogen-bond donors (Lipinski definition) is 1. The number of benzene rings is 1. The normalized spacial score (nSPS) is 10.0. The second-order valence-corrected chi connectivity index (χ2v) is 4.66. The molecule has 1 aromatic carbocycles. The molecular formula is C11H10N2O2S. The third-order valence-electron chi connectivity index (χ3n) is 1.80. The Bertz CT molecular complexity index is 574. The first-order chi connectivity index (χ1) is 7.60. The van der Waals surface area contributed by atoms with Gasteiger partial charge in [-0.05, 0) is 25.1 Å². The highest BCUT2D eigenvalue weighted by atomic mass is 32.2. The molecular weight excluding hydrogens is 224 g/mol. The fourth-order valence-corrected chi connectivity index (χ4v) is 2.00. The molecule has 1 rings (SSSR count). The molecule has 0 bridgehead atoms. The van der Waals surface area contributed by atoms with Gasteiger partial charge < -0.3 is 0 Å². The largest absolute Gasteiger partial charge is 0.241 e. The molecule has 0 aliphatic carbocycles. The molecule has 82 valence electrons. The van der Waals surface area contributed by atoms with Gasteiger partial charge in [0.25, 0.3) is 0 Å². The van der Waals surface area contributed by atoms with E-state index in [2.05, 4.69) is 16.6 Å². The highest BCUT2D eigenvalue weighted by Crippen LogP contribution is 2.10. The summed E-state index contributed by atoms with van der Waals surface area (Å²) >= 11 is 0. The molecule has 1 aromatic rings. The molecule has 0 amide bonds. The minimum absolute atomic E-state index is 0.0651. The number of nitrogens with one attached hydrogen (secondary N) is 1. The van der Waals surface area contributed by atoms with Crippen molar-refractivity contribution in [1.29, 1.82) is 5.26 Å². The lowest BCUT2D eigenvalue weighted by Gasteiger charge is -2.03. The van der Waals surface area contributed by atoms with E-state index in [1.54, 1.807) is 13.0 Å². The second-order valence-electron chi connectivity index (χ2n) is 2.89. The van der Waals surface area contributed by atoms with E-state index >= 15 is 0 Å². The molecule has 0 aliphatic heterocycles. The molecule has 0 atom stereocenters. The summed E-state index contributed by atoms with van der Waals surface area (Å²) in [5.41, 5.74) is 0.310. The lowest BCUT2D eigenvalue weighted by atomic mass is 10.2. The van der Waals surface area contributed by atoms with Gasteiger partial charge in [-0.25, -0.2) is 8.42 Å². The average molecular weight is 234 g/mol. The molecule has 0 saturated carbocycles. The minimum atomic E-state index is -3.57. The minimum Gasteiger partial charge on any atom is -0.207 e. The van der Waals surface area contributed by atoms with Crippen molar-refractivity contribution in [2.75, 3.05) is 6.54 Å². The van der Waals surface area contributed by atoms with E-state index in [0.717, 1.165) is 0 Å². The molecule has 0 spiro atoms. The molecule has 0 aliphatic rings. The zero-order chi connectivity index (χ0) is 12.0. The van der Waals surface area contributed by atoms with E-state index in [1.807, 2.05) is 6.07 Å². The number of nitriles is 1. The maximum absolute atomic E-state index is 11.7. The van der Waals surface area contributed by atoms with Gasteiger partial charge in [0.05, 0.1) is 23.1 Å². The van der Waals surface area contributed by atoms with Crippen molar-refractivity contribution >= 4 is 10.0 Å². The van der Waals surface area contributed by atoms with Crippen molar-refractivity contribution in [3.8, 4) is 17.9 Å². The summed E-state index contributed by atoms with van der Waals surface area (Å²) in [7, 11) is -3.57. The third-order valence-corrected chi connectivity index (χ3v) is 3.20. The van der Waals surface area contributed by atoms with Gasteiger partial charge in [-0.15, -0.1) is 5.92 Å². The van der Waals surface area contributed by atoms with Crippen LogP contribution in [0.1, 0.15) is 12.5 Å². The first kappa shape index (κ1) is 12.3. The Kier molecular flexibility index (Phi) is 4.07. The van der Waals surface area contributed by atoms with Crippen LogP contribution >= 0.6 is 0 Å². The first-order valence-corrected chi connectivity index (χ1v) is 5.98. The summed E-state index contributed by atoms with van der Waals surface area (Å²) in [5, 5.41) is 8.65. The first-order valence-electron chi connectivity index (χ1n) is 4.49. The van der Waals surface area contributed by atoms with Crippen LogP contribution < -0.4 is 4.72 Å². The molecule has 1 N–H and O–H groups in total. The van der Waals surface area contributed by atoms with Crippen LogP contribution in [0.15, 0.2) is 29.2 Å². The van der Waals surface area contributed by atoms with Crippen LogP contribution in [0.2, 0.25) is 0 Å². The predicted molar refractivity (Wildman–Crippen MR) is 59.8 cm³/mol. The van der Waals surface area contributed by atoms with E-state index in [4.69, 9.17) is 5.26 Å². The molecule has 0 saturated heterocycles. The molecule has 0 unspecified atom stereocenters. The molecule has 0 radical (unpaired) electrons. The summed E-state index contributed by atoms with van der Waals surface area (Å²) in [6.45, 7) is 1.69. The number of hydrogen-bond acceptors (Lipinski definition) is 3. The SMILES string of the molecule is CC#CCNS(=O)(=O)c1cccc(C#N)c1. The van der Waals surface area contributed by atoms with E-state index in [-0.39, 0.29) is 11.4 Å². The van der Waals surface area contributed by atoms with Gasteiger partial charge in [0.2, 0.25) is 10.0 Å². The highest BCUT2D eigenvalue weighted by Gasteiger charge is 2.12. The Hall–Kier alpha value is -1.82. The Morgan fingerprint density at radius 2 is 2.19 bits per heavy atom. The molecule has 16 heavy (non-hydrogen) atoms. The highest BCUT2D eigenvalue weighted by molar-refractivity contribution is 7.89. The van der Waals surface area contributed by atoms with Gasteiger partial charge in [-0.3, -0.25) is 0 Å². The van der Waals surface area contributed by atoms with Crippen LogP contribution in [0.3, 0.4) is 0 Å². The maximum Gasteiger partial charge on any atom is 0.241 e. The second kappa shape index (κ2) is 5.32. The van der Waals surface area contributed by atoms with Crippen molar-refractivity contribution in [1.82, 2.24) is 4.72 Å². The summed E-state index contributed by atoms with van der Waals surface area (Å²) in [6.07, 6.45) is 0. The Morgan fingerprint density at radius 1 is 1.44 bits per heavy atom. The van der Waals surface area contributed by atoms with Gasteiger partial charge in [-0.1, -0.05) is 12.0 Å². The van der Waals surface area contributed by atoms with E-state index < -0.39 is 10.0 Å². The van der Waals surface area contributed by atoms with Crippen molar-refractivity contribution in [3.63, 3.8) is 0 Å². The lowest BCUT2D eigenvalue weighted by Crippen LogP contribution is -2.24. The van der Waals surface area contributed by atoms with Gasteiger partial charge in [0.1, 0.15) is 0 Å². The van der Waals surface area contributed by atoms with E-state index in [1.165, 1.54) is 18.2 Å². The standard InChI is InChI=1S/C11H10N2O2S/c1-2-3-7-13-16(14,15)11-6-4-5-10(8-11)9-12/h4-6,8,13H,7H2,1H3. The van der Waals surface area contributed by atoms with E-state index in [9.17, 15) is 8.42 Å². The Morgan fingerprint density at radius 3 is 2.81 bits per heavy atom. The van der Waals surface area contributed by atoms with Gasteiger partial charge in [0.15, 0.2) is 0 Å². The van der Waals surface area contributed by atoms with Gasteiger partial charge >= 0.3 is 0 Å². The predicted octanol–water partition coefficient (Wildman–Crippen LogP) is 0.860. The topological polar surface area (TPSA) is 70.0 Å². The molecule has 0 aromatic heterocycles. The molecule has 0 fully saturated rings. The van der Waals surface area contributed by atoms with Crippen LogP contribution in [0, 0.1) is 23.2 Å². The fraction of sp³-hybridized carbons (Fsp3) is 0.182. The van der Waals surface area contributed by atoms with Crippen LogP contribution in [0.5, 0.6) is 0 Å². The fourth-order valence-electron chi connectivity index (χ4n) is 1.04. The maximum atomic E-state index is 11.7. The Labute approximate surface area is 95.0 Å².